The molecular formula is C14H18ClN3. The molecule has 96 valence electrons. The van der Waals surface area contributed by atoms with Crippen LogP contribution >= 0.6 is 11.6 Å². The van der Waals surface area contributed by atoms with Gasteiger partial charge in [0.25, 0.3) is 0 Å². The predicted octanol–water partition coefficient (Wildman–Crippen LogP) is 3.04. The molecule has 4 heteroatoms. The minimum atomic E-state index is -0.102. The number of nitrogens with one attached hydrogen (secondary N) is 1. The van der Waals surface area contributed by atoms with Crippen molar-refractivity contribution in [1.82, 2.24) is 14.9 Å². The minimum Gasteiger partial charge on any atom is -0.328 e. The summed E-state index contributed by atoms with van der Waals surface area (Å²) >= 11 is 6.00. The fourth-order valence-corrected chi connectivity index (χ4v) is 2.14. The fourth-order valence-electron chi connectivity index (χ4n) is 1.93. The summed E-state index contributed by atoms with van der Waals surface area (Å²) in [6, 6.07) is 7.91. The van der Waals surface area contributed by atoms with Gasteiger partial charge in [-0.3, -0.25) is 0 Å². The highest BCUT2D eigenvalue weighted by atomic mass is 35.5. The number of benzene rings is 1. The molecule has 0 spiro atoms. The molecule has 3 nitrogen and oxygen atoms in total. The molecule has 0 fully saturated rings. The van der Waals surface area contributed by atoms with Crippen LogP contribution in [0.3, 0.4) is 0 Å². The van der Waals surface area contributed by atoms with Gasteiger partial charge < -0.3 is 9.88 Å². The molecule has 0 saturated carbocycles. The number of halogens is 1. The van der Waals surface area contributed by atoms with Gasteiger partial charge in [0.05, 0.1) is 23.8 Å². The van der Waals surface area contributed by atoms with E-state index in [1.165, 1.54) is 5.56 Å². The Hall–Kier alpha value is -1.32. The van der Waals surface area contributed by atoms with Crippen LogP contribution in [-0.4, -0.2) is 16.6 Å². The second-order valence-electron chi connectivity index (χ2n) is 4.91. The molecule has 0 unspecified atom stereocenters. The second kappa shape index (κ2) is 5.12. The van der Waals surface area contributed by atoms with Crippen LogP contribution < -0.4 is 5.32 Å². The molecule has 0 bridgehead atoms. The van der Waals surface area contributed by atoms with Gasteiger partial charge in [0.15, 0.2) is 0 Å². The van der Waals surface area contributed by atoms with Crippen molar-refractivity contribution < 1.29 is 0 Å². The quantitative estimate of drug-likeness (QED) is 0.919. The first-order valence-electron chi connectivity index (χ1n) is 5.97. The maximum Gasteiger partial charge on any atom is 0.0951 e. The molecule has 2 aromatic rings. The van der Waals surface area contributed by atoms with E-state index in [1.54, 1.807) is 0 Å². The predicted molar refractivity (Wildman–Crippen MR) is 74.9 cm³/mol. The molecule has 1 aromatic heterocycles. The van der Waals surface area contributed by atoms with Crippen LogP contribution in [0.1, 0.15) is 25.1 Å². The van der Waals surface area contributed by atoms with Crippen molar-refractivity contribution in [3.63, 3.8) is 0 Å². The van der Waals surface area contributed by atoms with E-state index in [4.69, 9.17) is 11.6 Å². The van der Waals surface area contributed by atoms with Gasteiger partial charge in [-0.2, -0.15) is 0 Å². The highest BCUT2D eigenvalue weighted by molar-refractivity contribution is 6.30. The third kappa shape index (κ3) is 2.74. The SMILES string of the molecule is CNC(C)(C)c1cncn1Cc1cccc(Cl)c1. The largest absolute Gasteiger partial charge is 0.328 e. The van der Waals surface area contributed by atoms with Gasteiger partial charge in [-0.05, 0) is 38.6 Å². The smallest absolute Gasteiger partial charge is 0.0951 e. The van der Waals surface area contributed by atoms with Crippen molar-refractivity contribution in [3.8, 4) is 0 Å². The summed E-state index contributed by atoms with van der Waals surface area (Å²) in [5, 5.41) is 4.06. The van der Waals surface area contributed by atoms with Gasteiger partial charge in [-0.25, -0.2) is 4.98 Å². The average Bonchev–Trinajstić information content (AvgIpc) is 2.78. The molecule has 1 N–H and O–H groups in total. The topological polar surface area (TPSA) is 29.9 Å². The Morgan fingerprint density at radius 3 is 2.83 bits per heavy atom. The molecule has 0 amide bonds. The molecule has 1 heterocycles. The van der Waals surface area contributed by atoms with Crippen molar-refractivity contribution in [2.45, 2.75) is 25.9 Å². The third-order valence-electron chi connectivity index (χ3n) is 3.22. The van der Waals surface area contributed by atoms with Gasteiger partial charge in [0.1, 0.15) is 0 Å². The monoisotopic (exact) mass is 263 g/mol. The lowest BCUT2D eigenvalue weighted by Crippen LogP contribution is -2.35. The Bertz CT molecular complexity index is 531. The molecule has 2 rings (SSSR count). The Morgan fingerprint density at radius 1 is 1.39 bits per heavy atom. The van der Waals surface area contributed by atoms with Crippen molar-refractivity contribution >= 4 is 11.6 Å². The third-order valence-corrected chi connectivity index (χ3v) is 3.45. The van der Waals surface area contributed by atoms with E-state index in [0.717, 1.165) is 17.3 Å². The summed E-state index contributed by atoms with van der Waals surface area (Å²) in [4.78, 5) is 4.24. The number of imidazole rings is 1. The molecule has 0 saturated heterocycles. The van der Waals surface area contributed by atoms with Crippen molar-refractivity contribution in [1.29, 1.82) is 0 Å². The fraction of sp³-hybridized carbons (Fsp3) is 0.357. The lowest BCUT2D eigenvalue weighted by atomic mass is 10.0. The number of hydrogen-bond acceptors (Lipinski definition) is 2. The Morgan fingerprint density at radius 2 is 2.17 bits per heavy atom. The summed E-state index contributed by atoms with van der Waals surface area (Å²) < 4.78 is 2.14. The lowest BCUT2D eigenvalue weighted by molar-refractivity contribution is 0.413. The Balaban J connectivity index is 2.28. The first-order valence-corrected chi connectivity index (χ1v) is 6.34. The normalized spacial score (nSPS) is 11.8. The van der Waals surface area contributed by atoms with Gasteiger partial charge in [0.2, 0.25) is 0 Å². The first kappa shape index (κ1) is 13.1. The van der Waals surface area contributed by atoms with E-state index >= 15 is 0 Å². The Kier molecular flexibility index (Phi) is 3.73. The zero-order valence-corrected chi connectivity index (χ0v) is 11.7. The van der Waals surface area contributed by atoms with Crippen molar-refractivity contribution in [2.24, 2.45) is 0 Å². The Labute approximate surface area is 113 Å². The van der Waals surface area contributed by atoms with Crippen LogP contribution in [0.25, 0.3) is 0 Å². The first-order chi connectivity index (χ1) is 8.53. The van der Waals surface area contributed by atoms with Crippen LogP contribution in [0.4, 0.5) is 0 Å². The van der Waals surface area contributed by atoms with Crippen LogP contribution in [0.2, 0.25) is 5.02 Å². The number of rotatable bonds is 4. The summed E-state index contributed by atoms with van der Waals surface area (Å²) in [6.45, 7) is 5.05. The van der Waals surface area contributed by atoms with Gasteiger partial charge >= 0.3 is 0 Å². The highest BCUT2D eigenvalue weighted by Crippen LogP contribution is 2.20. The summed E-state index contributed by atoms with van der Waals surface area (Å²) in [7, 11) is 1.96. The van der Waals surface area contributed by atoms with E-state index < -0.39 is 0 Å². The van der Waals surface area contributed by atoms with Crippen LogP contribution in [0, 0.1) is 0 Å². The summed E-state index contributed by atoms with van der Waals surface area (Å²) in [5.41, 5.74) is 2.23. The number of hydrogen-bond donors (Lipinski definition) is 1. The molecule has 0 aliphatic heterocycles. The summed E-state index contributed by atoms with van der Waals surface area (Å²) in [6.07, 6.45) is 3.76. The van der Waals surface area contributed by atoms with Gasteiger partial charge in [0, 0.05) is 11.6 Å². The molecule has 0 aliphatic carbocycles. The zero-order chi connectivity index (χ0) is 13.2. The van der Waals surface area contributed by atoms with E-state index in [-0.39, 0.29) is 5.54 Å². The molecule has 0 atom stereocenters. The van der Waals surface area contributed by atoms with Crippen molar-refractivity contribution in [2.75, 3.05) is 7.05 Å². The zero-order valence-electron chi connectivity index (χ0n) is 10.9. The minimum absolute atomic E-state index is 0.102. The maximum absolute atomic E-state index is 6.00. The highest BCUT2D eigenvalue weighted by Gasteiger charge is 2.22. The molecule has 0 aliphatic rings. The molecule has 0 radical (unpaired) electrons. The van der Waals surface area contributed by atoms with Crippen LogP contribution in [-0.2, 0) is 12.1 Å². The van der Waals surface area contributed by atoms with Crippen LogP contribution in [0.5, 0.6) is 0 Å². The second-order valence-corrected chi connectivity index (χ2v) is 5.35. The molecule has 1 aromatic carbocycles. The standard InChI is InChI=1S/C14H18ClN3/c1-14(2,16-3)13-8-17-10-18(13)9-11-5-4-6-12(15)7-11/h4-8,10,16H,9H2,1-3H3. The molecule has 18 heavy (non-hydrogen) atoms. The van der Waals surface area contributed by atoms with Gasteiger partial charge in [-0.1, -0.05) is 23.7 Å². The average molecular weight is 264 g/mol. The van der Waals surface area contributed by atoms with E-state index in [1.807, 2.05) is 37.8 Å². The van der Waals surface area contributed by atoms with Crippen molar-refractivity contribution in [3.05, 3.63) is 53.1 Å². The van der Waals surface area contributed by atoms with E-state index in [0.29, 0.717) is 0 Å². The lowest BCUT2D eigenvalue weighted by Gasteiger charge is -2.25. The summed E-state index contributed by atoms with van der Waals surface area (Å²) in [5.74, 6) is 0. The number of aromatic nitrogens is 2. The van der Waals surface area contributed by atoms with E-state index in [2.05, 4.69) is 34.8 Å². The van der Waals surface area contributed by atoms with Gasteiger partial charge in [-0.15, -0.1) is 0 Å². The van der Waals surface area contributed by atoms with Crippen LogP contribution in [0.15, 0.2) is 36.8 Å². The maximum atomic E-state index is 6.00. The molecular weight excluding hydrogens is 246 g/mol. The van der Waals surface area contributed by atoms with E-state index in [9.17, 15) is 0 Å². The number of nitrogens with zero attached hydrogens (tertiary/aromatic N) is 2.